The van der Waals surface area contributed by atoms with Crippen LogP contribution in [0.2, 0.25) is 0 Å². The van der Waals surface area contributed by atoms with Gasteiger partial charge in [-0.25, -0.2) is 0 Å². The summed E-state index contributed by atoms with van der Waals surface area (Å²) in [4.78, 5) is 16.2. The lowest BCUT2D eigenvalue weighted by atomic mass is 10.2. The molecule has 0 radical (unpaired) electrons. The number of thioether (sulfide) groups is 1. The van der Waals surface area contributed by atoms with E-state index in [1.54, 1.807) is 25.1 Å². The number of rotatable bonds is 8. The van der Waals surface area contributed by atoms with Crippen molar-refractivity contribution in [2.45, 2.75) is 12.3 Å². The molecule has 0 aliphatic rings. The van der Waals surface area contributed by atoms with Gasteiger partial charge in [0.1, 0.15) is 0 Å². The topological polar surface area (TPSA) is 56.1 Å². The molecule has 0 fully saturated rings. The van der Waals surface area contributed by atoms with Gasteiger partial charge in [0.25, 0.3) is 0 Å². The fourth-order valence-electron chi connectivity index (χ4n) is 2.60. The minimum absolute atomic E-state index is 0.00653. The van der Waals surface area contributed by atoms with Gasteiger partial charge >= 0.3 is 0 Å². The number of aromatic nitrogens is 2. The highest BCUT2D eigenvalue weighted by atomic mass is 32.2. The van der Waals surface area contributed by atoms with Gasteiger partial charge in [-0.3, -0.25) is 9.78 Å². The molecule has 0 bridgehead atoms. The van der Waals surface area contributed by atoms with E-state index >= 15 is 0 Å². The summed E-state index contributed by atoms with van der Waals surface area (Å²) in [5.74, 6) is 1.21. The van der Waals surface area contributed by atoms with Crippen LogP contribution in [0, 0.1) is 0 Å². The summed E-state index contributed by atoms with van der Waals surface area (Å²) in [5, 5.41) is 4.07. The van der Waals surface area contributed by atoms with Gasteiger partial charge in [-0.15, -0.1) is 11.8 Å². The number of amides is 1. The summed E-state index contributed by atoms with van der Waals surface area (Å²) in [5.41, 5.74) is 3.09. The fourth-order valence-corrected chi connectivity index (χ4v) is 3.37. The van der Waals surface area contributed by atoms with Gasteiger partial charge in [0.05, 0.1) is 12.4 Å². The molecule has 6 heteroatoms. The second kappa shape index (κ2) is 8.69. The number of nitrogens with one attached hydrogen (secondary N) is 1. The second-order valence-electron chi connectivity index (χ2n) is 5.68. The third kappa shape index (κ3) is 4.84. The van der Waals surface area contributed by atoms with E-state index in [1.165, 1.54) is 0 Å². The number of hydrogen-bond donors (Lipinski definition) is 1. The molecule has 0 aliphatic heterocycles. The summed E-state index contributed by atoms with van der Waals surface area (Å²) < 4.78 is 7.27. The maximum atomic E-state index is 12.1. The molecule has 0 saturated carbocycles. The van der Waals surface area contributed by atoms with Crippen LogP contribution >= 0.6 is 11.8 Å². The molecule has 0 aliphatic carbocycles. The summed E-state index contributed by atoms with van der Waals surface area (Å²) in [6, 6.07) is 11.9. The first kappa shape index (κ1) is 17.5. The smallest absolute Gasteiger partial charge is 0.234 e. The molecule has 0 spiro atoms. The maximum Gasteiger partial charge on any atom is 0.234 e. The van der Waals surface area contributed by atoms with E-state index in [4.69, 9.17) is 4.74 Å². The highest BCUT2D eigenvalue weighted by Crippen LogP contribution is 2.21. The van der Waals surface area contributed by atoms with Crippen LogP contribution < -0.4 is 5.32 Å². The Kier molecular flexibility index (Phi) is 6.09. The molecule has 5 nitrogen and oxygen atoms in total. The van der Waals surface area contributed by atoms with Crippen molar-refractivity contribution in [1.82, 2.24) is 9.55 Å². The Balaban J connectivity index is 1.54. The van der Waals surface area contributed by atoms with E-state index in [2.05, 4.69) is 20.9 Å². The second-order valence-corrected chi connectivity index (χ2v) is 6.66. The molecule has 130 valence electrons. The number of methoxy groups -OCH3 is 1. The summed E-state index contributed by atoms with van der Waals surface area (Å²) >= 11 is 1.58. The Labute approximate surface area is 151 Å². The fraction of sp³-hybridized carbons (Fsp3) is 0.263. The average Bonchev–Trinajstić information content (AvgIpc) is 3.03. The van der Waals surface area contributed by atoms with E-state index in [1.807, 2.05) is 42.7 Å². The van der Waals surface area contributed by atoms with Crippen molar-refractivity contribution in [1.29, 1.82) is 0 Å². The van der Waals surface area contributed by atoms with Crippen LogP contribution in [-0.4, -0.2) is 34.9 Å². The summed E-state index contributed by atoms with van der Waals surface area (Å²) in [7, 11) is 1.70. The van der Waals surface area contributed by atoms with Gasteiger partial charge in [0.2, 0.25) is 5.91 Å². The molecule has 3 aromatic rings. The van der Waals surface area contributed by atoms with Crippen LogP contribution in [0.4, 0.5) is 5.69 Å². The molecule has 0 atom stereocenters. The average molecular weight is 355 g/mol. The third-order valence-corrected chi connectivity index (χ3v) is 4.82. The molecular weight excluding hydrogens is 334 g/mol. The van der Waals surface area contributed by atoms with Crippen molar-refractivity contribution >= 4 is 34.3 Å². The number of pyridine rings is 1. The molecular formula is C19H21N3O2S. The number of carbonyl (C=O) groups is 1. The highest BCUT2D eigenvalue weighted by Gasteiger charge is 2.06. The van der Waals surface area contributed by atoms with Crippen LogP contribution in [0.1, 0.15) is 5.56 Å². The van der Waals surface area contributed by atoms with Crippen molar-refractivity contribution in [3.63, 3.8) is 0 Å². The zero-order chi connectivity index (χ0) is 17.5. The summed E-state index contributed by atoms with van der Waals surface area (Å²) in [6.45, 7) is 1.49. The first-order chi connectivity index (χ1) is 12.3. The predicted molar refractivity (Wildman–Crippen MR) is 103 cm³/mol. The Bertz CT molecular complexity index is 833. The normalized spacial score (nSPS) is 10.9. The molecule has 1 amide bonds. The number of benzene rings is 1. The number of fused-ring (bicyclic) bond motifs is 1. The molecule has 0 saturated heterocycles. The summed E-state index contributed by atoms with van der Waals surface area (Å²) in [6.07, 6.45) is 5.62. The van der Waals surface area contributed by atoms with Crippen molar-refractivity contribution in [3.8, 4) is 0 Å². The molecule has 25 heavy (non-hydrogen) atoms. The maximum absolute atomic E-state index is 12.1. The van der Waals surface area contributed by atoms with Gasteiger partial charge in [-0.2, -0.15) is 0 Å². The zero-order valence-electron chi connectivity index (χ0n) is 14.1. The molecule has 1 N–H and O–H groups in total. The number of nitrogens with zero attached hydrogens (tertiary/aromatic N) is 2. The van der Waals surface area contributed by atoms with Crippen molar-refractivity contribution in [2.75, 3.05) is 24.8 Å². The lowest BCUT2D eigenvalue weighted by Crippen LogP contribution is -2.14. The largest absolute Gasteiger partial charge is 0.383 e. The number of ether oxygens (including phenoxy) is 1. The molecule has 2 aromatic heterocycles. The van der Waals surface area contributed by atoms with Crippen molar-refractivity contribution < 1.29 is 9.53 Å². The highest BCUT2D eigenvalue weighted by molar-refractivity contribution is 7.99. The van der Waals surface area contributed by atoms with Crippen LogP contribution in [0.5, 0.6) is 0 Å². The molecule has 2 heterocycles. The number of carbonyl (C=O) groups excluding carboxylic acids is 1. The lowest BCUT2D eigenvalue weighted by molar-refractivity contribution is -0.113. The molecule has 3 rings (SSSR count). The van der Waals surface area contributed by atoms with Crippen LogP contribution in [0.15, 0.2) is 55.0 Å². The van der Waals surface area contributed by atoms with Gasteiger partial charge in [-0.05, 0) is 35.9 Å². The Morgan fingerprint density at radius 3 is 3.04 bits per heavy atom. The first-order valence-electron chi connectivity index (χ1n) is 8.10. The van der Waals surface area contributed by atoms with E-state index in [0.717, 1.165) is 34.5 Å². The van der Waals surface area contributed by atoms with Crippen molar-refractivity contribution in [3.05, 3.63) is 60.6 Å². The predicted octanol–water partition coefficient (Wildman–Crippen LogP) is 3.55. The standard InChI is InChI=1S/C19H21N3O2S/c1-24-10-9-22-8-6-16-11-17(4-5-18(16)22)21-19(23)14-25-13-15-3-2-7-20-12-15/h2-8,11-12H,9-10,13-14H2,1H3,(H,21,23). The molecule has 1 aromatic carbocycles. The minimum Gasteiger partial charge on any atom is -0.383 e. The Morgan fingerprint density at radius 2 is 2.24 bits per heavy atom. The SMILES string of the molecule is COCCn1ccc2cc(NC(=O)CSCc3cccnc3)ccc21. The monoisotopic (exact) mass is 355 g/mol. The van der Waals surface area contributed by atoms with E-state index < -0.39 is 0 Å². The number of anilines is 1. The van der Waals surface area contributed by atoms with Crippen LogP contribution in [0.25, 0.3) is 10.9 Å². The van der Waals surface area contributed by atoms with Crippen molar-refractivity contribution in [2.24, 2.45) is 0 Å². The number of hydrogen-bond acceptors (Lipinski definition) is 4. The minimum atomic E-state index is 0.00653. The van der Waals surface area contributed by atoms with E-state index in [9.17, 15) is 4.79 Å². The third-order valence-electron chi connectivity index (χ3n) is 3.82. The first-order valence-corrected chi connectivity index (χ1v) is 9.26. The lowest BCUT2D eigenvalue weighted by Gasteiger charge is -2.07. The Hall–Kier alpha value is -2.31. The van der Waals surface area contributed by atoms with E-state index in [0.29, 0.717) is 12.4 Å². The Morgan fingerprint density at radius 1 is 1.32 bits per heavy atom. The zero-order valence-corrected chi connectivity index (χ0v) is 15.0. The van der Waals surface area contributed by atoms with E-state index in [-0.39, 0.29) is 5.91 Å². The molecule has 0 unspecified atom stereocenters. The quantitative estimate of drug-likeness (QED) is 0.671. The van der Waals surface area contributed by atoms with Gasteiger partial charge in [-0.1, -0.05) is 6.07 Å². The van der Waals surface area contributed by atoms with Crippen LogP contribution in [0.3, 0.4) is 0 Å². The van der Waals surface area contributed by atoms with Gasteiger partial charge in [0, 0.05) is 54.6 Å². The van der Waals surface area contributed by atoms with Gasteiger partial charge in [0.15, 0.2) is 0 Å². The van der Waals surface area contributed by atoms with Gasteiger partial charge < -0.3 is 14.6 Å². The van der Waals surface area contributed by atoms with Crippen LogP contribution in [-0.2, 0) is 21.8 Å².